The van der Waals surface area contributed by atoms with Gasteiger partial charge in [0, 0.05) is 37.7 Å². The standard InChI is InChI=1S/C10H22N2OS/c1-9-6-14-5-4-12(9)10(2,7-11)8-13-3/h9H,4-8,11H2,1-3H3. The maximum absolute atomic E-state index is 5.86. The Kier molecular flexibility index (Phi) is 4.70. The fourth-order valence-corrected chi connectivity index (χ4v) is 3.11. The van der Waals surface area contributed by atoms with E-state index in [9.17, 15) is 0 Å². The summed E-state index contributed by atoms with van der Waals surface area (Å²) in [5.41, 5.74) is 5.87. The van der Waals surface area contributed by atoms with Crippen molar-refractivity contribution in [3.63, 3.8) is 0 Å². The zero-order chi connectivity index (χ0) is 10.6. The second kappa shape index (κ2) is 5.35. The summed E-state index contributed by atoms with van der Waals surface area (Å²) in [7, 11) is 1.75. The molecule has 0 aliphatic carbocycles. The summed E-state index contributed by atoms with van der Waals surface area (Å²) in [4.78, 5) is 2.49. The number of rotatable bonds is 4. The van der Waals surface area contributed by atoms with E-state index in [-0.39, 0.29) is 5.54 Å². The Bertz CT molecular complexity index is 180. The van der Waals surface area contributed by atoms with Gasteiger partial charge in [-0.2, -0.15) is 11.8 Å². The van der Waals surface area contributed by atoms with Crippen LogP contribution in [0, 0.1) is 0 Å². The maximum atomic E-state index is 5.86. The Morgan fingerprint density at radius 1 is 1.64 bits per heavy atom. The van der Waals surface area contributed by atoms with Gasteiger partial charge < -0.3 is 10.5 Å². The molecule has 4 heteroatoms. The van der Waals surface area contributed by atoms with Crippen LogP contribution in [0.15, 0.2) is 0 Å². The van der Waals surface area contributed by atoms with Crippen LogP contribution in [0.2, 0.25) is 0 Å². The van der Waals surface area contributed by atoms with Crippen molar-refractivity contribution in [1.82, 2.24) is 4.90 Å². The van der Waals surface area contributed by atoms with Crippen LogP contribution in [0.3, 0.4) is 0 Å². The normalized spacial score (nSPS) is 28.7. The largest absolute Gasteiger partial charge is 0.383 e. The highest BCUT2D eigenvalue weighted by Gasteiger charge is 2.35. The van der Waals surface area contributed by atoms with Gasteiger partial charge in [-0.25, -0.2) is 0 Å². The predicted octanol–water partition coefficient (Wildman–Crippen LogP) is 0.788. The van der Waals surface area contributed by atoms with Gasteiger partial charge in [-0.05, 0) is 13.8 Å². The average molecular weight is 218 g/mol. The van der Waals surface area contributed by atoms with Gasteiger partial charge in [-0.1, -0.05) is 0 Å². The minimum Gasteiger partial charge on any atom is -0.383 e. The molecule has 0 spiro atoms. The molecule has 2 N–H and O–H groups in total. The number of thioether (sulfide) groups is 1. The van der Waals surface area contributed by atoms with Crippen molar-refractivity contribution >= 4 is 11.8 Å². The third-order valence-electron chi connectivity index (χ3n) is 2.96. The molecule has 1 rings (SSSR count). The lowest BCUT2D eigenvalue weighted by molar-refractivity contribution is 0.0111. The van der Waals surface area contributed by atoms with Gasteiger partial charge in [0.2, 0.25) is 0 Å². The Balaban J connectivity index is 2.65. The van der Waals surface area contributed by atoms with Crippen molar-refractivity contribution in [1.29, 1.82) is 0 Å². The molecule has 0 aromatic rings. The molecule has 0 amide bonds. The summed E-state index contributed by atoms with van der Waals surface area (Å²) in [6, 6.07) is 0.609. The zero-order valence-corrected chi connectivity index (χ0v) is 10.3. The van der Waals surface area contributed by atoms with Crippen LogP contribution in [0.25, 0.3) is 0 Å². The van der Waals surface area contributed by atoms with Crippen LogP contribution in [-0.4, -0.2) is 54.8 Å². The van der Waals surface area contributed by atoms with Gasteiger partial charge in [0.15, 0.2) is 0 Å². The molecule has 2 atom stereocenters. The number of nitrogens with two attached hydrogens (primary N) is 1. The van der Waals surface area contributed by atoms with Crippen LogP contribution >= 0.6 is 11.8 Å². The average Bonchev–Trinajstić information content (AvgIpc) is 2.18. The quantitative estimate of drug-likeness (QED) is 0.757. The summed E-state index contributed by atoms with van der Waals surface area (Å²) in [6.07, 6.45) is 0. The molecular weight excluding hydrogens is 196 g/mol. The van der Waals surface area contributed by atoms with E-state index in [0.29, 0.717) is 12.6 Å². The molecule has 14 heavy (non-hydrogen) atoms. The number of hydrogen-bond donors (Lipinski definition) is 1. The SMILES string of the molecule is COCC(C)(CN)N1CCSCC1C. The summed E-state index contributed by atoms with van der Waals surface area (Å²) >= 11 is 2.03. The van der Waals surface area contributed by atoms with Crippen molar-refractivity contribution in [2.24, 2.45) is 5.73 Å². The van der Waals surface area contributed by atoms with Crippen molar-refractivity contribution in [2.45, 2.75) is 25.4 Å². The first-order valence-corrected chi connectivity index (χ1v) is 6.33. The van der Waals surface area contributed by atoms with Crippen molar-refractivity contribution in [2.75, 3.05) is 38.3 Å². The fourth-order valence-electron chi connectivity index (χ4n) is 2.10. The first kappa shape index (κ1) is 12.3. The summed E-state index contributed by atoms with van der Waals surface area (Å²) in [5.74, 6) is 2.42. The van der Waals surface area contributed by atoms with Crippen molar-refractivity contribution in [3.8, 4) is 0 Å². The number of nitrogens with zero attached hydrogens (tertiary/aromatic N) is 1. The molecule has 0 aromatic heterocycles. The highest BCUT2D eigenvalue weighted by atomic mass is 32.2. The van der Waals surface area contributed by atoms with Crippen molar-refractivity contribution in [3.05, 3.63) is 0 Å². The predicted molar refractivity (Wildman–Crippen MR) is 62.8 cm³/mol. The fraction of sp³-hybridized carbons (Fsp3) is 1.00. The van der Waals surface area contributed by atoms with Gasteiger partial charge in [0.05, 0.1) is 12.1 Å². The van der Waals surface area contributed by atoms with E-state index in [4.69, 9.17) is 10.5 Å². The smallest absolute Gasteiger partial charge is 0.0656 e. The van der Waals surface area contributed by atoms with E-state index in [1.807, 2.05) is 11.8 Å². The van der Waals surface area contributed by atoms with Gasteiger partial charge in [0.1, 0.15) is 0 Å². The molecule has 3 nitrogen and oxygen atoms in total. The summed E-state index contributed by atoms with van der Waals surface area (Å²) < 4.78 is 5.27. The van der Waals surface area contributed by atoms with Crippen LogP contribution < -0.4 is 5.73 Å². The van der Waals surface area contributed by atoms with Crippen LogP contribution in [0.4, 0.5) is 0 Å². The molecular formula is C10H22N2OS. The Morgan fingerprint density at radius 2 is 2.36 bits per heavy atom. The van der Waals surface area contributed by atoms with Crippen molar-refractivity contribution < 1.29 is 4.74 Å². The molecule has 1 saturated heterocycles. The van der Waals surface area contributed by atoms with Gasteiger partial charge in [-0.15, -0.1) is 0 Å². The monoisotopic (exact) mass is 218 g/mol. The van der Waals surface area contributed by atoms with Gasteiger partial charge in [0.25, 0.3) is 0 Å². The van der Waals surface area contributed by atoms with Crippen LogP contribution in [0.5, 0.6) is 0 Å². The first-order valence-electron chi connectivity index (χ1n) is 5.17. The van der Waals surface area contributed by atoms with E-state index in [2.05, 4.69) is 18.7 Å². The molecule has 1 fully saturated rings. The number of ether oxygens (including phenoxy) is 1. The third-order valence-corrected chi connectivity index (χ3v) is 4.15. The second-order valence-electron chi connectivity index (χ2n) is 4.25. The second-order valence-corrected chi connectivity index (χ2v) is 5.40. The minimum atomic E-state index is 0.00907. The molecule has 0 bridgehead atoms. The minimum absolute atomic E-state index is 0.00907. The van der Waals surface area contributed by atoms with Crippen LogP contribution in [-0.2, 0) is 4.74 Å². The van der Waals surface area contributed by atoms with E-state index in [1.54, 1.807) is 7.11 Å². The first-order chi connectivity index (χ1) is 6.64. The molecule has 1 aliphatic heterocycles. The molecule has 0 radical (unpaired) electrons. The lowest BCUT2D eigenvalue weighted by Gasteiger charge is -2.46. The molecule has 0 aromatic carbocycles. The molecule has 2 unspecified atom stereocenters. The zero-order valence-electron chi connectivity index (χ0n) is 9.45. The summed E-state index contributed by atoms with van der Waals surface area (Å²) in [6.45, 7) is 6.98. The molecule has 84 valence electrons. The highest BCUT2D eigenvalue weighted by Crippen LogP contribution is 2.24. The van der Waals surface area contributed by atoms with E-state index in [0.717, 1.165) is 13.2 Å². The Morgan fingerprint density at radius 3 is 2.86 bits per heavy atom. The third kappa shape index (κ3) is 2.63. The summed E-state index contributed by atoms with van der Waals surface area (Å²) in [5, 5.41) is 0. The number of methoxy groups -OCH3 is 1. The van der Waals surface area contributed by atoms with Crippen LogP contribution in [0.1, 0.15) is 13.8 Å². The van der Waals surface area contributed by atoms with E-state index >= 15 is 0 Å². The lowest BCUT2D eigenvalue weighted by atomic mass is 9.99. The molecule has 1 aliphatic rings. The van der Waals surface area contributed by atoms with Gasteiger partial charge >= 0.3 is 0 Å². The maximum Gasteiger partial charge on any atom is 0.0656 e. The van der Waals surface area contributed by atoms with Gasteiger partial charge in [-0.3, -0.25) is 4.90 Å². The lowest BCUT2D eigenvalue weighted by Crippen LogP contribution is -2.60. The molecule has 0 saturated carbocycles. The van der Waals surface area contributed by atoms with E-state index in [1.165, 1.54) is 11.5 Å². The highest BCUT2D eigenvalue weighted by molar-refractivity contribution is 7.99. The topological polar surface area (TPSA) is 38.5 Å². The van der Waals surface area contributed by atoms with E-state index < -0.39 is 0 Å². The number of hydrogen-bond acceptors (Lipinski definition) is 4. The Labute approximate surface area is 91.4 Å². The molecule has 1 heterocycles. The Hall–Kier alpha value is 0.230.